The first kappa shape index (κ1) is 12.0. The summed E-state index contributed by atoms with van der Waals surface area (Å²) in [6.45, 7) is 5.68. The van der Waals surface area contributed by atoms with Crippen LogP contribution in [0.25, 0.3) is 0 Å². The van der Waals surface area contributed by atoms with Crippen LogP contribution in [0.15, 0.2) is 30.3 Å². The van der Waals surface area contributed by atoms with Crippen molar-refractivity contribution in [2.45, 2.75) is 26.7 Å². The predicted octanol–water partition coefficient (Wildman–Crippen LogP) is 3.59. The minimum Gasteiger partial charge on any atom is -0.261 e. The summed E-state index contributed by atoms with van der Waals surface area (Å²) in [4.78, 5) is 0. The molecular formula is C12H18IN. The summed E-state index contributed by atoms with van der Waals surface area (Å²) in [5.41, 5.74) is 1.82. The van der Waals surface area contributed by atoms with Gasteiger partial charge in [-0.05, 0) is 23.8 Å². The topological polar surface area (TPSA) is 12.0 Å². The Kier molecular flexibility index (Phi) is 4.89. The Balaban J connectivity index is 2.40. The van der Waals surface area contributed by atoms with Crippen molar-refractivity contribution in [2.75, 3.05) is 6.54 Å². The minimum atomic E-state index is 0.386. The van der Waals surface area contributed by atoms with Gasteiger partial charge in [0.15, 0.2) is 0 Å². The second-order valence-electron chi connectivity index (χ2n) is 4.46. The van der Waals surface area contributed by atoms with Crippen LogP contribution in [0.2, 0.25) is 0 Å². The van der Waals surface area contributed by atoms with Gasteiger partial charge < -0.3 is 0 Å². The van der Waals surface area contributed by atoms with Crippen molar-refractivity contribution in [3.05, 3.63) is 35.9 Å². The number of nitrogens with one attached hydrogen (secondary N) is 1. The number of benzene rings is 1. The van der Waals surface area contributed by atoms with Gasteiger partial charge in [0.2, 0.25) is 0 Å². The maximum atomic E-state index is 3.21. The number of halogens is 1. The zero-order valence-corrected chi connectivity index (χ0v) is 11.0. The first-order valence-electron chi connectivity index (χ1n) is 5.01. The van der Waals surface area contributed by atoms with Gasteiger partial charge in [0.05, 0.1) is 0 Å². The van der Waals surface area contributed by atoms with Crippen LogP contribution >= 0.6 is 22.9 Å². The van der Waals surface area contributed by atoms with E-state index in [2.05, 4.69) is 70.6 Å². The van der Waals surface area contributed by atoms with Crippen LogP contribution in [0, 0.1) is 5.41 Å². The van der Waals surface area contributed by atoms with Crippen LogP contribution in [0.1, 0.15) is 25.8 Å². The van der Waals surface area contributed by atoms with Crippen LogP contribution < -0.4 is 3.53 Å². The van der Waals surface area contributed by atoms with Gasteiger partial charge in [-0.3, -0.25) is 3.53 Å². The molecule has 0 fully saturated rings. The lowest BCUT2D eigenvalue weighted by atomic mass is 9.86. The fraction of sp³-hybridized carbons (Fsp3) is 0.500. The summed E-state index contributed by atoms with van der Waals surface area (Å²) < 4.78 is 3.21. The third-order valence-electron chi connectivity index (χ3n) is 2.48. The molecule has 0 radical (unpaired) electrons. The zero-order valence-electron chi connectivity index (χ0n) is 8.89. The molecule has 1 N–H and O–H groups in total. The average molecular weight is 303 g/mol. The highest BCUT2D eigenvalue weighted by Gasteiger charge is 2.16. The van der Waals surface area contributed by atoms with E-state index in [1.54, 1.807) is 0 Å². The number of hydrogen-bond acceptors (Lipinski definition) is 1. The molecule has 0 aromatic heterocycles. The van der Waals surface area contributed by atoms with E-state index in [0.717, 1.165) is 6.54 Å². The van der Waals surface area contributed by atoms with Crippen LogP contribution in [0.5, 0.6) is 0 Å². The van der Waals surface area contributed by atoms with Crippen LogP contribution in [-0.4, -0.2) is 6.54 Å². The molecule has 0 aliphatic rings. The highest BCUT2D eigenvalue weighted by Crippen LogP contribution is 2.22. The number of rotatable bonds is 5. The van der Waals surface area contributed by atoms with Crippen molar-refractivity contribution in [2.24, 2.45) is 5.41 Å². The molecule has 14 heavy (non-hydrogen) atoms. The van der Waals surface area contributed by atoms with Gasteiger partial charge in [-0.1, -0.05) is 44.2 Å². The summed E-state index contributed by atoms with van der Waals surface area (Å²) in [7, 11) is 0. The second-order valence-corrected chi connectivity index (χ2v) is 5.22. The molecule has 0 aliphatic carbocycles. The molecular weight excluding hydrogens is 285 g/mol. The Morgan fingerprint density at radius 1 is 1.21 bits per heavy atom. The monoisotopic (exact) mass is 303 g/mol. The Hall–Kier alpha value is -0.0900. The summed E-state index contributed by atoms with van der Waals surface area (Å²) >= 11 is 2.22. The maximum absolute atomic E-state index is 3.21. The molecule has 0 saturated carbocycles. The van der Waals surface area contributed by atoms with Gasteiger partial charge >= 0.3 is 0 Å². The Morgan fingerprint density at radius 3 is 2.43 bits per heavy atom. The van der Waals surface area contributed by atoms with E-state index in [1.807, 2.05) is 0 Å². The molecule has 1 aromatic rings. The van der Waals surface area contributed by atoms with Crippen LogP contribution in [-0.2, 0) is 6.42 Å². The van der Waals surface area contributed by atoms with Crippen molar-refractivity contribution in [1.29, 1.82) is 0 Å². The van der Waals surface area contributed by atoms with E-state index in [4.69, 9.17) is 0 Å². The van der Waals surface area contributed by atoms with Crippen molar-refractivity contribution in [3.8, 4) is 0 Å². The molecule has 0 amide bonds. The zero-order chi connectivity index (χ0) is 10.4. The lowest BCUT2D eigenvalue weighted by Crippen LogP contribution is -2.24. The molecule has 78 valence electrons. The van der Waals surface area contributed by atoms with E-state index >= 15 is 0 Å². The molecule has 0 aliphatic heterocycles. The standard InChI is InChI=1S/C12H18IN/c1-12(2,10-14-13)9-8-11-6-4-3-5-7-11/h3-7,14H,8-10H2,1-2H3. The van der Waals surface area contributed by atoms with Gasteiger partial charge in [0.1, 0.15) is 0 Å². The Morgan fingerprint density at radius 2 is 1.86 bits per heavy atom. The molecule has 0 spiro atoms. The molecule has 0 heterocycles. The fourth-order valence-electron chi connectivity index (χ4n) is 1.40. The fourth-order valence-corrected chi connectivity index (χ4v) is 2.43. The normalized spacial score (nSPS) is 11.6. The third-order valence-corrected chi connectivity index (χ3v) is 2.86. The summed E-state index contributed by atoms with van der Waals surface area (Å²) in [5.74, 6) is 0. The SMILES string of the molecule is CC(C)(CCc1ccccc1)CNI. The van der Waals surface area contributed by atoms with Crippen molar-refractivity contribution < 1.29 is 0 Å². The van der Waals surface area contributed by atoms with Gasteiger partial charge in [0.25, 0.3) is 0 Å². The predicted molar refractivity (Wildman–Crippen MR) is 70.6 cm³/mol. The van der Waals surface area contributed by atoms with Crippen molar-refractivity contribution in [3.63, 3.8) is 0 Å². The average Bonchev–Trinajstić information content (AvgIpc) is 2.17. The molecule has 0 bridgehead atoms. The smallest absolute Gasteiger partial charge is 0.0169 e. The molecule has 0 saturated heterocycles. The largest absolute Gasteiger partial charge is 0.261 e. The van der Waals surface area contributed by atoms with E-state index in [9.17, 15) is 0 Å². The minimum absolute atomic E-state index is 0.386. The summed E-state index contributed by atoms with van der Waals surface area (Å²) in [6.07, 6.45) is 2.40. The van der Waals surface area contributed by atoms with E-state index in [0.29, 0.717) is 5.41 Å². The maximum Gasteiger partial charge on any atom is 0.0169 e. The number of aryl methyl sites for hydroxylation is 1. The highest BCUT2D eigenvalue weighted by molar-refractivity contribution is 14.1. The summed E-state index contributed by atoms with van der Waals surface area (Å²) in [5, 5.41) is 0. The lowest BCUT2D eigenvalue weighted by Gasteiger charge is -2.23. The van der Waals surface area contributed by atoms with Gasteiger partial charge in [-0.15, -0.1) is 0 Å². The molecule has 1 aromatic carbocycles. The molecule has 0 unspecified atom stereocenters. The van der Waals surface area contributed by atoms with Crippen molar-refractivity contribution >= 4 is 22.9 Å². The second kappa shape index (κ2) is 5.71. The van der Waals surface area contributed by atoms with Gasteiger partial charge in [0, 0.05) is 29.4 Å². The summed E-state index contributed by atoms with van der Waals surface area (Å²) in [6, 6.07) is 10.7. The first-order chi connectivity index (χ1) is 6.64. The Labute approximate surface area is 101 Å². The highest BCUT2D eigenvalue weighted by atomic mass is 127. The van der Waals surface area contributed by atoms with E-state index in [1.165, 1.54) is 18.4 Å². The molecule has 1 nitrogen and oxygen atoms in total. The number of hydrogen-bond donors (Lipinski definition) is 1. The first-order valence-corrected chi connectivity index (χ1v) is 6.09. The van der Waals surface area contributed by atoms with E-state index < -0.39 is 0 Å². The molecule has 0 atom stereocenters. The Bertz CT molecular complexity index is 256. The van der Waals surface area contributed by atoms with E-state index in [-0.39, 0.29) is 0 Å². The van der Waals surface area contributed by atoms with Crippen LogP contribution in [0.3, 0.4) is 0 Å². The van der Waals surface area contributed by atoms with Crippen LogP contribution in [0.4, 0.5) is 0 Å². The third kappa shape index (κ3) is 4.42. The lowest BCUT2D eigenvalue weighted by molar-refractivity contribution is 0.342. The van der Waals surface area contributed by atoms with Crippen molar-refractivity contribution in [1.82, 2.24) is 3.53 Å². The van der Waals surface area contributed by atoms with Gasteiger partial charge in [-0.25, -0.2) is 0 Å². The van der Waals surface area contributed by atoms with Gasteiger partial charge in [-0.2, -0.15) is 0 Å². The quantitative estimate of drug-likeness (QED) is 0.647. The molecule has 2 heteroatoms. The molecule has 1 rings (SSSR count).